The van der Waals surface area contributed by atoms with Crippen molar-refractivity contribution < 1.29 is 9.59 Å². The van der Waals surface area contributed by atoms with Gasteiger partial charge in [-0.25, -0.2) is 0 Å². The van der Waals surface area contributed by atoms with Crippen LogP contribution >= 0.6 is 11.6 Å². The normalized spacial score (nSPS) is 18.5. The molecule has 10 heteroatoms. The summed E-state index contributed by atoms with van der Waals surface area (Å²) in [5, 5.41) is 17.8. The molecule has 0 radical (unpaired) electrons. The third kappa shape index (κ3) is 9.58. The Bertz CT molecular complexity index is 2510. The van der Waals surface area contributed by atoms with Gasteiger partial charge in [-0.1, -0.05) is 156 Å². The van der Waals surface area contributed by atoms with Gasteiger partial charge in [0.25, 0.3) is 11.8 Å². The van der Waals surface area contributed by atoms with Gasteiger partial charge in [0.05, 0.1) is 6.04 Å². The van der Waals surface area contributed by atoms with Crippen molar-refractivity contribution in [3.8, 4) is 0 Å². The van der Waals surface area contributed by atoms with Gasteiger partial charge in [-0.15, -0.1) is 15.0 Å². The van der Waals surface area contributed by atoms with E-state index in [9.17, 15) is 9.59 Å². The molecule has 1 aliphatic heterocycles. The van der Waals surface area contributed by atoms with E-state index in [0.29, 0.717) is 41.0 Å². The molecule has 2 amide bonds. The Morgan fingerprint density at radius 3 is 1.89 bits per heavy atom. The van der Waals surface area contributed by atoms with Crippen LogP contribution in [0.3, 0.4) is 0 Å². The quantitative estimate of drug-likeness (QED) is 0.116. The van der Waals surface area contributed by atoms with E-state index in [-0.39, 0.29) is 28.7 Å². The van der Waals surface area contributed by atoms with E-state index in [4.69, 9.17) is 21.7 Å². The first kappa shape index (κ1) is 45.6. The summed E-state index contributed by atoms with van der Waals surface area (Å²) in [5.74, 6) is 0.807. The maximum Gasteiger partial charge on any atom is 0.275 e. The molecule has 9 nitrogen and oxygen atoms in total. The number of aliphatic imine (C=N–C) groups is 1. The zero-order chi connectivity index (χ0) is 46.0. The van der Waals surface area contributed by atoms with E-state index >= 15 is 0 Å². The molecule has 6 aromatic rings. The fourth-order valence-electron chi connectivity index (χ4n) is 10.0. The van der Waals surface area contributed by atoms with Crippen LogP contribution in [0.25, 0.3) is 0 Å². The Morgan fingerprint density at radius 1 is 0.800 bits per heavy atom. The minimum absolute atomic E-state index is 0.0397. The predicted octanol–water partition coefficient (Wildman–Crippen LogP) is 11.6. The summed E-state index contributed by atoms with van der Waals surface area (Å²) in [6.07, 6.45) is 5.62. The topological polar surface area (TPSA) is 105 Å². The van der Waals surface area contributed by atoms with Crippen LogP contribution in [0.5, 0.6) is 0 Å². The second-order valence-corrected chi connectivity index (χ2v) is 20.8. The molecule has 1 fully saturated rings. The van der Waals surface area contributed by atoms with Gasteiger partial charge in [0.2, 0.25) is 0 Å². The average Bonchev–Trinajstić information content (AvgIpc) is 3.86. The summed E-state index contributed by atoms with van der Waals surface area (Å²) in [6, 6.07) is 44.1. The largest absolute Gasteiger partial charge is 0.352 e. The van der Waals surface area contributed by atoms with E-state index in [2.05, 4.69) is 98.5 Å². The minimum Gasteiger partial charge on any atom is -0.352 e. The van der Waals surface area contributed by atoms with Gasteiger partial charge in [-0.2, -0.15) is 0 Å². The first-order valence-electron chi connectivity index (χ1n) is 23.1. The Labute approximate surface area is 389 Å². The molecule has 5 aromatic carbocycles. The van der Waals surface area contributed by atoms with Crippen LogP contribution in [0.15, 0.2) is 138 Å². The van der Waals surface area contributed by atoms with Crippen molar-refractivity contribution in [3.63, 3.8) is 0 Å². The number of rotatable bonds is 13. The fraction of sp³-hybridized carbons (Fsp3) is 0.382. The highest BCUT2D eigenvalue weighted by Crippen LogP contribution is 2.50. The van der Waals surface area contributed by atoms with Gasteiger partial charge in [-0.3, -0.25) is 14.6 Å². The van der Waals surface area contributed by atoms with Crippen molar-refractivity contribution in [2.75, 3.05) is 6.54 Å². The molecule has 0 saturated heterocycles. The Kier molecular flexibility index (Phi) is 13.0. The van der Waals surface area contributed by atoms with Crippen LogP contribution in [-0.2, 0) is 16.8 Å². The van der Waals surface area contributed by atoms with Crippen molar-refractivity contribution >= 4 is 29.1 Å². The summed E-state index contributed by atoms with van der Waals surface area (Å²) in [5.41, 5.74) is 5.44. The molecule has 1 aliphatic carbocycles. The van der Waals surface area contributed by atoms with E-state index in [1.807, 2.05) is 104 Å². The molecule has 8 rings (SSSR count). The summed E-state index contributed by atoms with van der Waals surface area (Å²) in [7, 11) is 0. The van der Waals surface area contributed by atoms with Crippen molar-refractivity contribution in [3.05, 3.63) is 183 Å². The summed E-state index contributed by atoms with van der Waals surface area (Å²) in [6.45, 7) is 16.0. The molecule has 2 heterocycles. The van der Waals surface area contributed by atoms with E-state index < -0.39 is 11.2 Å². The number of carbonyl (C=O) groups excluding carboxylic acids is 2. The first-order valence-corrected chi connectivity index (χ1v) is 23.5. The molecule has 1 unspecified atom stereocenters. The van der Waals surface area contributed by atoms with Crippen LogP contribution < -0.4 is 5.32 Å². The van der Waals surface area contributed by atoms with Gasteiger partial charge in [0.1, 0.15) is 11.4 Å². The van der Waals surface area contributed by atoms with Crippen molar-refractivity contribution in [2.45, 2.75) is 111 Å². The molecule has 1 spiro atoms. The zero-order valence-corrected chi connectivity index (χ0v) is 39.6. The number of benzene rings is 5. The number of halogens is 1. The van der Waals surface area contributed by atoms with E-state index in [1.54, 1.807) is 4.80 Å². The lowest BCUT2D eigenvalue weighted by Gasteiger charge is -2.47. The highest BCUT2D eigenvalue weighted by molar-refractivity contribution is 6.47. The minimum atomic E-state index is -0.877. The highest BCUT2D eigenvalue weighted by Gasteiger charge is 2.53. The molecule has 2 aliphatic rings. The number of nitrogens with one attached hydrogen (secondary N) is 1. The van der Waals surface area contributed by atoms with Crippen LogP contribution in [0.4, 0.5) is 0 Å². The molecule has 1 atom stereocenters. The lowest BCUT2D eigenvalue weighted by molar-refractivity contribution is -0.134. The van der Waals surface area contributed by atoms with Crippen molar-refractivity contribution in [1.29, 1.82) is 0 Å². The third-order valence-corrected chi connectivity index (χ3v) is 13.7. The Balaban J connectivity index is 1.03. The van der Waals surface area contributed by atoms with Crippen LogP contribution in [-0.4, -0.2) is 54.8 Å². The number of aryl methyl sites for hydroxylation is 1. The van der Waals surface area contributed by atoms with Gasteiger partial charge >= 0.3 is 0 Å². The van der Waals surface area contributed by atoms with Gasteiger partial charge in [0.15, 0.2) is 11.4 Å². The Morgan fingerprint density at radius 2 is 1.37 bits per heavy atom. The van der Waals surface area contributed by atoms with Crippen LogP contribution in [0.2, 0.25) is 5.02 Å². The average molecular weight is 889 g/mol. The summed E-state index contributed by atoms with van der Waals surface area (Å²) in [4.78, 5) is 38.0. The van der Waals surface area contributed by atoms with E-state index in [0.717, 1.165) is 71.9 Å². The standard InChI is InChI=1S/C55H62ClN7O2/c1-38-35-41(37-46(56)36-38)49-51(65)62(54(58-49)32-27-42(28-33-54)53(5,6)7)47(29-31-52(2,3)4)39-23-25-40(26-24-39)50(64)57-34-30-48-59-61-63(60-48)55(43-17-11-8-12-18-43,44-19-13-9-14-20-44)45-21-15-10-16-22-45/h8-26,35-37,42,47H,27-34H2,1-7H3,(H,57,64). The van der Waals surface area contributed by atoms with Crippen LogP contribution in [0, 0.1) is 23.7 Å². The molecule has 0 bridgehead atoms. The Hall–Kier alpha value is -5.93. The van der Waals surface area contributed by atoms with Crippen LogP contribution in [0.1, 0.15) is 136 Å². The first-order chi connectivity index (χ1) is 31.1. The van der Waals surface area contributed by atoms with Gasteiger partial charge in [0, 0.05) is 29.1 Å². The lowest BCUT2D eigenvalue weighted by atomic mass is 9.69. The highest BCUT2D eigenvalue weighted by atomic mass is 35.5. The van der Waals surface area contributed by atoms with Crippen molar-refractivity contribution in [1.82, 2.24) is 30.4 Å². The molecular weight excluding hydrogens is 826 g/mol. The maximum atomic E-state index is 15.0. The fourth-order valence-corrected chi connectivity index (χ4v) is 10.3. The molecule has 65 heavy (non-hydrogen) atoms. The lowest BCUT2D eigenvalue weighted by Crippen LogP contribution is -2.51. The smallest absolute Gasteiger partial charge is 0.275 e. The molecule has 1 aromatic heterocycles. The second-order valence-electron chi connectivity index (χ2n) is 20.3. The zero-order valence-electron chi connectivity index (χ0n) is 38.9. The molecule has 336 valence electrons. The number of nitrogens with zero attached hydrogens (tertiary/aromatic N) is 6. The number of carbonyl (C=O) groups is 2. The van der Waals surface area contributed by atoms with E-state index in [1.165, 1.54) is 0 Å². The van der Waals surface area contributed by atoms with Gasteiger partial charge in [-0.05, 0) is 126 Å². The predicted molar refractivity (Wildman–Crippen MR) is 260 cm³/mol. The summed E-state index contributed by atoms with van der Waals surface area (Å²) >= 11 is 6.58. The second kappa shape index (κ2) is 18.5. The molecular formula is C55H62ClN7O2. The SMILES string of the molecule is Cc1cc(Cl)cc(C2=NC3(CCC(C(C)(C)C)CC3)N(C(CCC(C)(C)C)c3ccc(C(=O)NCCc4nnn(C(c5ccccc5)(c5ccccc5)c5ccccc5)n4)cc3)C2=O)c1. The number of amides is 2. The molecule has 1 saturated carbocycles. The number of hydrogen-bond donors (Lipinski definition) is 1. The third-order valence-electron chi connectivity index (χ3n) is 13.5. The molecule has 1 N–H and O–H groups in total. The maximum absolute atomic E-state index is 15.0. The van der Waals surface area contributed by atoms with Gasteiger partial charge < -0.3 is 10.2 Å². The summed E-state index contributed by atoms with van der Waals surface area (Å²) < 4.78 is 0. The monoisotopic (exact) mass is 887 g/mol. The number of aromatic nitrogens is 4. The number of tetrazole rings is 1. The number of hydrogen-bond acceptors (Lipinski definition) is 6. The van der Waals surface area contributed by atoms with Crippen molar-refractivity contribution in [2.24, 2.45) is 21.7 Å².